The highest BCUT2D eigenvalue weighted by Gasteiger charge is 2.08. The average Bonchev–Trinajstić information content (AvgIpc) is 2.48. The van der Waals surface area contributed by atoms with Gasteiger partial charge < -0.3 is 10.5 Å². The fourth-order valence-electron chi connectivity index (χ4n) is 2.16. The highest BCUT2D eigenvalue weighted by molar-refractivity contribution is 7.80. The minimum atomic E-state index is 0.355. The second kappa shape index (κ2) is 7.23. The van der Waals surface area contributed by atoms with Gasteiger partial charge in [0.05, 0.1) is 5.56 Å². The summed E-state index contributed by atoms with van der Waals surface area (Å²) in [4.78, 5) is 0.355. The standard InChI is InChI=1S/C18H21NOS/c1-3-4-5-14-7-9-15(10-8-14)20-17-11-6-13(2)12-16(17)18(19)21/h6-12H,3-5H2,1-2H3,(H2,19,21). The SMILES string of the molecule is CCCCc1ccc(Oc2ccc(C)cc2C(N)=S)cc1. The van der Waals surface area contributed by atoms with Crippen LogP contribution in [0.3, 0.4) is 0 Å². The second-order valence-corrected chi connectivity index (χ2v) is 5.65. The molecule has 0 saturated carbocycles. The average molecular weight is 299 g/mol. The van der Waals surface area contributed by atoms with E-state index in [0.29, 0.717) is 10.7 Å². The van der Waals surface area contributed by atoms with Crippen molar-refractivity contribution < 1.29 is 4.74 Å². The first-order valence-electron chi connectivity index (χ1n) is 7.27. The molecule has 0 aliphatic heterocycles. The zero-order valence-corrected chi connectivity index (χ0v) is 13.4. The van der Waals surface area contributed by atoms with Crippen molar-refractivity contribution in [2.75, 3.05) is 0 Å². The van der Waals surface area contributed by atoms with Crippen molar-refractivity contribution in [3.63, 3.8) is 0 Å². The van der Waals surface area contributed by atoms with Gasteiger partial charge in [0.25, 0.3) is 0 Å². The van der Waals surface area contributed by atoms with Gasteiger partial charge >= 0.3 is 0 Å². The molecule has 110 valence electrons. The number of thiocarbonyl (C=S) groups is 1. The Bertz CT molecular complexity index is 620. The van der Waals surface area contributed by atoms with E-state index in [0.717, 1.165) is 23.3 Å². The largest absolute Gasteiger partial charge is 0.457 e. The lowest BCUT2D eigenvalue weighted by Gasteiger charge is -2.11. The maximum atomic E-state index is 5.92. The van der Waals surface area contributed by atoms with Crippen LogP contribution in [0.25, 0.3) is 0 Å². The molecule has 0 aliphatic rings. The molecule has 0 aliphatic carbocycles. The smallest absolute Gasteiger partial charge is 0.137 e. The van der Waals surface area contributed by atoms with E-state index in [2.05, 4.69) is 19.1 Å². The molecule has 0 radical (unpaired) electrons. The Morgan fingerprint density at radius 1 is 1.14 bits per heavy atom. The Labute approximate surface area is 131 Å². The fourth-order valence-corrected chi connectivity index (χ4v) is 2.32. The van der Waals surface area contributed by atoms with Crippen molar-refractivity contribution in [2.45, 2.75) is 33.1 Å². The normalized spacial score (nSPS) is 10.4. The molecule has 3 heteroatoms. The molecule has 0 fully saturated rings. The third-order valence-electron chi connectivity index (χ3n) is 3.37. The lowest BCUT2D eigenvalue weighted by molar-refractivity contribution is 0.481. The molecule has 21 heavy (non-hydrogen) atoms. The van der Waals surface area contributed by atoms with Crippen molar-refractivity contribution in [1.82, 2.24) is 0 Å². The zero-order chi connectivity index (χ0) is 15.2. The van der Waals surface area contributed by atoms with E-state index in [1.807, 2.05) is 37.3 Å². The molecule has 2 nitrogen and oxygen atoms in total. The van der Waals surface area contributed by atoms with Crippen LogP contribution >= 0.6 is 12.2 Å². The maximum Gasteiger partial charge on any atom is 0.137 e. The molecule has 0 atom stereocenters. The number of rotatable bonds is 6. The Morgan fingerprint density at radius 3 is 2.48 bits per heavy atom. The first-order chi connectivity index (χ1) is 10.1. The van der Waals surface area contributed by atoms with Crippen LogP contribution in [0.2, 0.25) is 0 Å². The number of hydrogen-bond donors (Lipinski definition) is 1. The first-order valence-corrected chi connectivity index (χ1v) is 7.68. The van der Waals surface area contributed by atoms with Crippen molar-refractivity contribution in [2.24, 2.45) is 5.73 Å². The molecule has 2 rings (SSSR count). The maximum absolute atomic E-state index is 5.92. The van der Waals surface area contributed by atoms with Gasteiger partial charge in [-0.1, -0.05) is 49.3 Å². The molecule has 0 spiro atoms. The van der Waals surface area contributed by atoms with E-state index in [4.69, 9.17) is 22.7 Å². The molecule has 2 aromatic rings. The third-order valence-corrected chi connectivity index (χ3v) is 3.59. The summed E-state index contributed by atoms with van der Waals surface area (Å²) < 4.78 is 5.92. The Hall–Kier alpha value is -1.87. The number of benzene rings is 2. The molecule has 0 heterocycles. The fraction of sp³-hybridized carbons (Fsp3) is 0.278. The van der Waals surface area contributed by atoms with Crippen LogP contribution in [0.15, 0.2) is 42.5 Å². The summed E-state index contributed by atoms with van der Waals surface area (Å²) in [5, 5.41) is 0. The second-order valence-electron chi connectivity index (χ2n) is 5.21. The first kappa shape index (κ1) is 15.5. The van der Waals surface area contributed by atoms with Crippen molar-refractivity contribution in [3.8, 4) is 11.5 Å². The Balaban J connectivity index is 2.16. The summed E-state index contributed by atoms with van der Waals surface area (Å²) in [5.41, 5.74) is 8.99. The van der Waals surface area contributed by atoms with Gasteiger partial charge in [-0.05, 0) is 49.6 Å². The minimum Gasteiger partial charge on any atom is -0.457 e. The van der Waals surface area contributed by atoms with Crippen LogP contribution in [0.4, 0.5) is 0 Å². The van der Waals surface area contributed by atoms with Crippen molar-refractivity contribution >= 4 is 17.2 Å². The van der Waals surface area contributed by atoms with Gasteiger partial charge in [0, 0.05) is 0 Å². The number of ether oxygens (including phenoxy) is 1. The van der Waals surface area contributed by atoms with Gasteiger partial charge in [0.15, 0.2) is 0 Å². The molecule has 0 unspecified atom stereocenters. The van der Waals surface area contributed by atoms with E-state index in [1.165, 1.54) is 18.4 Å². The molecule has 0 saturated heterocycles. The van der Waals surface area contributed by atoms with Gasteiger partial charge in [0.2, 0.25) is 0 Å². The quantitative estimate of drug-likeness (QED) is 0.781. The van der Waals surface area contributed by atoms with Gasteiger partial charge in [-0.25, -0.2) is 0 Å². The molecule has 2 N–H and O–H groups in total. The van der Waals surface area contributed by atoms with E-state index in [1.54, 1.807) is 0 Å². The molecular weight excluding hydrogens is 278 g/mol. The van der Waals surface area contributed by atoms with Crippen LogP contribution < -0.4 is 10.5 Å². The minimum absolute atomic E-state index is 0.355. The van der Waals surface area contributed by atoms with Crippen molar-refractivity contribution in [3.05, 3.63) is 59.2 Å². The van der Waals surface area contributed by atoms with Gasteiger partial charge in [0.1, 0.15) is 16.5 Å². The predicted octanol–water partition coefficient (Wildman–Crippen LogP) is 4.76. The van der Waals surface area contributed by atoms with Crippen LogP contribution in [-0.4, -0.2) is 4.99 Å². The van der Waals surface area contributed by atoms with Gasteiger partial charge in [-0.2, -0.15) is 0 Å². The van der Waals surface area contributed by atoms with E-state index < -0.39 is 0 Å². The van der Waals surface area contributed by atoms with E-state index in [9.17, 15) is 0 Å². The highest BCUT2D eigenvalue weighted by atomic mass is 32.1. The summed E-state index contributed by atoms with van der Waals surface area (Å²) >= 11 is 5.09. The van der Waals surface area contributed by atoms with Gasteiger partial charge in [-0.15, -0.1) is 0 Å². The molecule has 0 aromatic heterocycles. The number of hydrogen-bond acceptors (Lipinski definition) is 2. The lowest BCUT2D eigenvalue weighted by Crippen LogP contribution is -2.11. The number of nitrogens with two attached hydrogens (primary N) is 1. The summed E-state index contributed by atoms with van der Waals surface area (Å²) in [6, 6.07) is 14.1. The Morgan fingerprint density at radius 2 is 1.86 bits per heavy atom. The van der Waals surface area contributed by atoms with Crippen LogP contribution in [0.1, 0.15) is 36.5 Å². The third kappa shape index (κ3) is 4.30. The molecule has 2 aromatic carbocycles. The highest BCUT2D eigenvalue weighted by Crippen LogP contribution is 2.26. The molecule has 0 amide bonds. The summed E-state index contributed by atoms with van der Waals surface area (Å²) in [6.45, 7) is 4.21. The van der Waals surface area contributed by atoms with Crippen LogP contribution in [0, 0.1) is 6.92 Å². The van der Waals surface area contributed by atoms with Crippen molar-refractivity contribution in [1.29, 1.82) is 0 Å². The monoisotopic (exact) mass is 299 g/mol. The van der Waals surface area contributed by atoms with Gasteiger partial charge in [-0.3, -0.25) is 0 Å². The lowest BCUT2D eigenvalue weighted by atomic mass is 10.1. The number of aryl methyl sites for hydroxylation is 2. The van der Waals surface area contributed by atoms with Crippen LogP contribution in [0.5, 0.6) is 11.5 Å². The van der Waals surface area contributed by atoms with Crippen LogP contribution in [-0.2, 0) is 6.42 Å². The van der Waals surface area contributed by atoms with E-state index >= 15 is 0 Å². The Kier molecular flexibility index (Phi) is 5.34. The molecular formula is C18H21NOS. The zero-order valence-electron chi connectivity index (χ0n) is 12.6. The summed E-state index contributed by atoms with van der Waals surface area (Å²) in [6.07, 6.45) is 3.53. The number of unbranched alkanes of at least 4 members (excludes halogenated alkanes) is 1. The topological polar surface area (TPSA) is 35.2 Å². The summed E-state index contributed by atoms with van der Waals surface area (Å²) in [5.74, 6) is 1.51. The molecule has 0 bridgehead atoms. The summed E-state index contributed by atoms with van der Waals surface area (Å²) in [7, 11) is 0. The predicted molar refractivity (Wildman–Crippen MR) is 92.2 cm³/mol. The van der Waals surface area contributed by atoms with E-state index in [-0.39, 0.29) is 0 Å².